The summed E-state index contributed by atoms with van der Waals surface area (Å²) in [5, 5.41) is 21.1. The van der Waals surface area contributed by atoms with Crippen LogP contribution in [-0.4, -0.2) is 42.5 Å². The Kier molecular flexibility index (Phi) is 9.15. The fraction of sp³-hybridized carbons (Fsp3) is 0.235. The molecule has 0 fully saturated rings. The van der Waals surface area contributed by atoms with E-state index in [0.717, 1.165) is 29.8 Å². The largest absolute Gasteiger partial charge is 0.494 e. The van der Waals surface area contributed by atoms with E-state index in [2.05, 4.69) is 17.0 Å². The number of hydrogen-bond acceptors (Lipinski definition) is 9. The van der Waals surface area contributed by atoms with Gasteiger partial charge < -0.3 is 9.47 Å². The van der Waals surface area contributed by atoms with Gasteiger partial charge in [0.2, 0.25) is 4.96 Å². The van der Waals surface area contributed by atoms with E-state index in [-0.39, 0.29) is 17.0 Å². The van der Waals surface area contributed by atoms with Crippen molar-refractivity contribution >= 4 is 28.1 Å². The lowest BCUT2D eigenvalue weighted by molar-refractivity contribution is -0.385. The van der Waals surface area contributed by atoms with Crippen molar-refractivity contribution in [1.29, 1.82) is 0 Å². The molecule has 3 aromatic carbocycles. The minimum atomic E-state index is -0.478. The summed E-state index contributed by atoms with van der Waals surface area (Å²) in [6.07, 6.45) is 8.08. The summed E-state index contributed by atoms with van der Waals surface area (Å²) in [5.41, 5.74) is 2.69. The van der Waals surface area contributed by atoms with E-state index in [1.807, 2.05) is 54.6 Å². The molecule has 3 aromatic heterocycles. The number of nitrogens with zero attached hydrogens (tertiary/aromatic N) is 6. The molecule has 0 aliphatic rings. The predicted octanol–water partition coefficient (Wildman–Crippen LogP) is 6.48. The molecule has 0 aliphatic heterocycles. The second-order valence-corrected chi connectivity index (χ2v) is 11.6. The summed E-state index contributed by atoms with van der Waals surface area (Å²) in [6.45, 7) is 4.92. The zero-order chi connectivity index (χ0) is 32.0. The van der Waals surface area contributed by atoms with E-state index in [9.17, 15) is 14.9 Å². The molecule has 12 heteroatoms. The smallest absolute Gasteiger partial charge is 0.311 e. The summed E-state index contributed by atoms with van der Waals surface area (Å²) in [7, 11) is 0. The highest BCUT2D eigenvalue weighted by Gasteiger charge is 2.20. The van der Waals surface area contributed by atoms with Crippen molar-refractivity contribution in [1.82, 2.24) is 24.4 Å². The fourth-order valence-electron chi connectivity index (χ4n) is 5.03. The molecule has 6 rings (SSSR count). The van der Waals surface area contributed by atoms with Gasteiger partial charge in [0.15, 0.2) is 11.6 Å². The number of ether oxygens (including phenoxy) is 2. The normalized spacial score (nSPS) is 11.7. The Balaban J connectivity index is 1.34. The third-order valence-electron chi connectivity index (χ3n) is 7.34. The SMILES string of the molecule is CCCCCCOc1ccc(-c2nc3sc(=Cc4cn(-c5ccccc5)nc4-c4ccc(OCC)c([N+](=O)[O-])c4)c(=O)n3n2)cc1. The van der Waals surface area contributed by atoms with Crippen molar-refractivity contribution in [2.24, 2.45) is 0 Å². The van der Waals surface area contributed by atoms with Crippen molar-refractivity contribution in [3.63, 3.8) is 0 Å². The van der Waals surface area contributed by atoms with Crippen molar-refractivity contribution in [3.05, 3.63) is 110 Å². The first-order valence-corrected chi connectivity index (χ1v) is 16.0. The molecule has 3 heterocycles. The first-order valence-electron chi connectivity index (χ1n) is 15.2. The maximum Gasteiger partial charge on any atom is 0.311 e. The monoisotopic (exact) mass is 636 g/mol. The van der Waals surface area contributed by atoms with Gasteiger partial charge in [-0.05, 0) is 68.0 Å². The molecular formula is C34H32N6O5S. The Morgan fingerprint density at radius 1 is 0.935 bits per heavy atom. The van der Waals surface area contributed by atoms with E-state index in [4.69, 9.17) is 14.6 Å². The van der Waals surface area contributed by atoms with Crippen LogP contribution in [0.15, 0.2) is 83.8 Å². The quantitative estimate of drug-likeness (QED) is 0.0801. The van der Waals surface area contributed by atoms with Crippen molar-refractivity contribution in [3.8, 4) is 39.8 Å². The van der Waals surface area contributed by atoms with Gasteiger partial charge in [-0.1, -0.05) is 55.7 Å². The minimum Gasteiger partial charge on any atom is -0.494 e. The van der Waals surface area contributed by atoms with Gasteiger partial charge in [0.05, 0.1) is 28.4 Å². The standard InChI is InChI=1S/C34H32N6O5S/c1-3-5-6-10-19-45-27-16-13-23(14-17-27)32-35-34-39(37-32)33(41)30(46-34)21-25-22-38(26-11-8-7-9-12-26)36-31(25)24-15-18-29(44-4-2)28(20-24)40(42)43/h7-9,11-18,20-22H,3-6,10,19H2,1-2H3. The molecule has 0 saturated carbocycles. The van der Waals surface area contributed by atoms with E-state index < -0.39 is 4.92 Å². The summed E-state index contributed by atoms with van der Waals surface area (Å²) >= 11 is 1.21. The number of rotatable bonds is 13. The third-order valence-corrected chi connectivity index (χ3v) is 8.30. The van der Waals surface area contributed by atoms with Gasteiger partial charge >= 0.3 is 5.69 Å². The Labute approximate surface area is 268 Å². The second-order valence-electron chi connectivity index (χ2n) is 10.6. The lowest BCUT2D eigenvalue weighted by atomic mass is 10.1. The number of benzene rings is 3. The molecule has 0 unspecified atom stereocenters. The van der Waals surface area contributed by atoms with Crippen molar-refractivity contribution < 1.29 is 14.4 Å². The molecule has 0 aliphatic carbocycles. The van der Waals surface area contributed by atoms with Gasteiger partial charge in [0.25, 0.3) is 5.56 Å². The van der Waals surface area contributed by atoms with Crippen molar-refractivity contribution in [2.45, 2.75) is 39.5 Å². The highest BCUT2D eigenvalue weighted by atomic mass is 32.1. The topological polar surface area (TPSA) is 127 Å². The van der Waals surface area contributed by atoms with Crippen LogP contribution in [0, 0.1) is 10.1 Å². The Morgan fingerprint density at radius 2 is 1.72 bits per heavy atom. The van der Waals surface area contributed by atoms with Gasteiger partial charge in [-0.15, -0.1) is 5.10 Å². The van der Waals surface area contributed by atoms with Crippen LogP contribution in [-0.2, 0) is 0 Å². The number of thiazole rings is 1. The molecular weight excluding hydrogens is 604 g/mol. The lowest BCUT2D eigenvalue weighted by Crippen LogP contribution is -2.23. The number of unbranched alkanes of at least 4 members (excludes halogenated alkanes) is 3. The molecule has 46 heavy (non-hydrogen) atoms. The molecule has 0 N–H and O–H groups in total. The molecule has 0 saturated heterocycles. The Hall–Kier alpha value is -5.36. The lowest BCUT2D eigenvalue weighted by Gasteiger charge is -2.06. The number of nitro benzene ring substituents is 1. The van der Waals surface area contributed by atoms with E-state index in [1.165, 1.54) is 34.8 Å². The highest BCUT2D eigenvalue weighted by Crippen LogP contribution is 2.34. The van der Waals surface area contributed by atoms with E-state index >= 15 is 0 Å². The van der Waals surface area contributed by atoms with Crippen LogP contribution in [0.5, 0.6) is 11.5 Å². The summed E-state index contributed by atoms with van der Waals surface area (Å²) < 4.78 is 14.7. The number of nitro groups is 1. The van der Waals surface area contributed by atoms with Crippen LogP contribution in [0.3, 0.4) is 0 Å². The van der Waals surface area contributed by atoms with Crippen LogP contribution < -0.4 is 19.6 Å². The summed E-state index contributed by atoms with van der Waals surface area (Å²) in [6, 6.07) is 21.8. The molecule has 0 spiro atoms. The Bertz CT molecular complexity index is 2090. The molecule has 11 nitrogen and oxygen atoms in total. The maximum atomic E-state index is 13.5. The average Bonchev–Trinajstić information content (AvgIpc) is 3.77. The molecule has 6 aromatic rings. The zero-order valence-electron chi connectivity index (χ0n) is 25.5. The minimum absolute atomic E-state index is 0.165. The molecule has 234 valence electrons. The van der Waals surface area contributed by atoms with Crippen LogP contribution in [0.2, 0.25) is 0 Å². The number of hydrogen-bond donors (Lipinski definition) is 0. The van der Waals surface area contributed by atoms with Gasteiger partial charge in [-0.25, -0.2) is 4.68 Å². The molecule has 0 amide bonds. The van der Waals surface area contributed by atoms with E-state index in [1.54, 1.807) is 36.0 Å². The number of para-hydroxylation sites is 1. The van der Waals surface area contributed by atoms with Crippen molar-refractivity contribution in [2.75, 3.05) is 13.2 Å². The first-order chi connectivity index (χ1) is 22.4. The van der Waals surface area contributed by atoms with Crippen LogP contribution in [0.25, 0.3) is 39.4 Å². The first kappa shape index (κ1) is 30.7. The van der Waals surface area contributed by atoms with Gasteiger partial charge in [-0.3, -0.25) is 14.9 Å². The van der Waals surface area contributed by atoms with Crippen LogP contribution in [0.4, 0.5) is 5.69 Å². The Morgan fingerprint density at radius 3 is 2.43 bits per heavy atom. The van der Waals surface area contributed by atoms with E-state index in [0.29, 0.717) is 45.4 Å². The zero-order valence-corrected chi connectivity index (χ0v) is 26.3. The summed E-state index contributed by atoms with van der Waals surface area (Å²) in [4.78, 5) is 29.9. The highest BCUT2D eigenvalue weighted by molar-refractivity contribution is 7.15. The van der Waals surface area contributed by atoms with Gasteiger partial charge in [0.1, 0.15) is 11.4 Å². The third kappa shape index (κ3) is 6.52. The van der Waals surface area contributed by atoms with Crippen LogP contribution >= 0.6 is 11.3 Å². The van der Waals surface area contributed by atoms with Crippen LogP contribution in [0.1, 0.15) is 45.1 Å². The predicted molar refractivity (Wildman–Crippen MR) is 178 cm³/mol. The van der Waals surface area contributed by atoms with Gasteiger partial charge in [-0.2, -0.15) is 14.6 Å². The van der Waals surface area contributed by atoms with Gasteiger partial charge in [0, 0.05) is 29.0 Å². The number of aromatic nitrogens is 5. The second kappa shape index (κ2) is 13.7. The maximum absolute atomic E-state index is 13.5. The molecule has 0 atom stereocenters. The average molecular weight is 637 g/mol. The molecule has 0 radical (unpaired) electrons. The molecule has 0 bridgehead atoms. The summed E-state index contributed by atoms with van der Waals surface area (Å²) in [5.74, 6) is 1.41. The fourth-order valence-corrected chi connectivity index (χ4v) is 5.93. The number of fused-ring (bicyclic) bond motifs is 1.